The number of aliphatic hydroxyl groups excluding tert-OH is 1. The highest BCUT2D eigenvalue weighted by molar-refractivity contribution is 6.05. The third-order valence-electron chi connectivity index (χ3n) is 6.16. The zero-order valence-corrected chi connectivity index (χ0v) is 19.0. The normalized spacial score (nSPS) is 18.0. The number of ether oxygens (including phenoxy) is 1. The molecule has 0 radical (unpaired) electrons. The Morgan fingerprint density at radius 2 is 2.14 bits per heavy atom. The van der Waals surface area contributed by atoms with Gasteiger partial charge in [-0.1, -0.05) is 12.1 Å². The van der Waals surface area contributed by atoms with E-state index >= 15 is 4.39 Å². The topological polar surface area (TPSA) is 111 Å². The molecule has 0 unspecified atom stereocenters. The fourth-order valence-corrected chi connectivity index (χ4v) is 4.25. The van der Waals surface area contributed by atoms with Crippen molar-refractivity contribution in [2.75, 3.05) is 13.2 Å². The van der Waals surface area contributed by atoms with Crippen molar-refractivity contribution in [1.29, 1.82) is 0 Å². The van der Waals surface area contributed by atoms with E-state index in [1.165, 1.54) is 23.0 Å². The molecule has 1 amide bonds. The van der Waals surface area contributed by atoms with Crippen LogP contribution in [0.25, 0.3) is 22.0 Å². The van der Waals surface area contributed by atoms with E-state index in [1.54, 1.807) is 48.4 Å². The molecule has 4 heterocycles. The lowest BCUT2D eigenvalue weighted by Gasteiger charge is -2.28. The van der Waals surface area contributed by atoms with Crippen LogP contribution in [-0.2, 0) is 18.3 Å². The molecular weight excluding hydrogens is 453 g/mol. The van der Waals surface area contributed by atoms with Gasteiger partial charge in [-0.3, -0.25) is 19.3 Å². The highest BCUT2D eigenvalue weighted by Gasteiger charge is 2.27. The van der Waals surface area contributed by atoms with Crippen LogP contribution in [0.2, 0.25) is 0 Å². The Bertz CT molecular complexity index is 1460. The second-order valence-electron chi connectivity index (χ2n) is 8.60. The highest BCUT2D eigenvalue weighted by Crippen LogP contribution is 2.22. The van der Waals surface area contributed by atoms with Gasteiger partial charge in [0, 0.05) is 43.4 Å². The largest absolute Gasteiger partial charge is 0.389 e. The number of nitrogens with zero attached hydrogens (tertiary/aromatic N) is 4. The van der Waals surface area contributed by atoms with Crippen LogP contribution >= 0.6 is 0 Å². The van der Waals surface area contributed by atoms with Gasteiger partial charge in [0.2, 0.25) is 0 Å². The standard InChI is InChI=1S/C25H24FN5O4/c1-30-11-17(10-28-30)15-4-5-16(20(26)9-15)12-31-13-19(23-18(25(31)34)3-2-7-27-23)24(33)29-21-6-8-35-14-22(21)32/h2-5,7,9-11,13,21-22,32H,6,8,12,14H2,1H3,(H,29,33)/t21-,22-/m0/s1. The molecule has 3 aromatic heterocycles. The number of aliphatic hydroxyl groups is 1. The number of carbonyl (C=O) groups is 1. The summed E-state index contributed by atoms with van der Waals surface area (Å²) in [7, 11) is 1.78. The summed E-state index contributed by atoms with van der Waals surface area (Å²) in [5.74, 6) is -0.943. The minimum atomic E-state index is -0.828. The lowest BCUT2D eigenvalue weighted by molar-refractivity contribution is -0.0260. The molecule has 0 spiro atoms. The average molecular weight is 477 g/mol. The summed E-state index contributed by atoms with van der Waals surface area (Å²) in [6.45, 7) is 0.496. The third-order valence-corrected chi connectivity index (χ3v) is 6.16. The molecule has 10 heteroatoms. The summed E-state index contributed by atoms with van der Waals surface area (Å²) >= 11 is 0. The molecule has 4 aromatic rings. The van der Waals surface area contributed by atoms with Crippen molar-refractivity contribution in [2.45, 2.75) is 25.1 Å². The second-order valence-corrected chi connectivity index (χ2v) is 8.60. The number of hydrogen-bond donors (Lipinski definition) is 2. The number of rotatable bonds is 5. The first kappa shape index (κ1) is 22.9. The van der Waals surface area contributed by atoms with E-state index < -0.39 is 23.9 Å². The first-order chi connectivity index (χ1) is 16.9. The molecule has 2 N–H and O–H groups in total. The van der Waals surface area contributed by atoms with Gasteiger partial charge in [0.15, 0.2) is 0 Å². The third kappa shape index (κ3) is 4.58. The number of aryl methyl sites for hydroxylation is 1. The summed E-state index contributed by atoms with van der Waals surface area (Å²) in [5.41, 5.74) is 1.79. The number of nitrogens with one attached hydrogen (secondary N) is 1. The fourth-order valence-electron chi connectivity index (χ4n) is 4.25. The lowest BCUT2D eigenvalue weighted by Crippen LogP contribution is -2.48. The molecule has 180 valence electrons. The Labute approximate surface area is 199 Å². The van der Waals surface area contributed by atoms with Crippen molar-refractivity contribution < 1.29 is 19.0 Å². The number of pyridine rings is 2. The van der Waals surface area contributed by atoms with Crippen LogP contribution in [0, 0.1) is 5.82 Å². The van der Waals surface area contributed by atoms with Crippen molar-refractivity contribution in [3.8, 4) is 11.1 Å². The maximum absolute atomic E-state index is 15.0. The SMILES string of the molecule is Cn1cc(-c2ccc(Cn3cc(C(=O)N[C@H]4CCOC[C@@H]4O)c4ncccc4c3=O)c(F)c2)cn1. The van der Waals surface area contributed by atoms with Crippen molar-refractivity contribution >= 4 is 16.8 Å². The minimum Gasteiger partial charge on any atom is -0.389 e. The quantitative estimate of drug-likeness (QED) is 0.454. The molecule has 1 aromatic carbocycles. The van der Waals surface area contributed by atoms with Gasteiger partial charge < -0.3 is 19.7 Å². The molecule has 1 aliphatic rings. The van der Waals surface area contributed by atoms with Crippen LogP contribution < -0.4 is 10.9 Å². The number of carbonyl (C=O) groups excluding carboxylic acids is 1. The predicted octanol–water partition coefficient (Wildman–Crippen LogP) is 1.86. The van der Waals surface area contributed by atoms with Gasteiger partial charge in [-0.05, 0) is 30.2 Å². The Balaban J connectivity index is 1.49. The maximum Gasteiger partial charge on any atom is 0.260 e. The monoisotopic (exact) mass is 477 g/mol. The minimum absolute atomic E-state index is 0.0665. The van der Waals surface area contributed by atoms with Crippen molar-refractivity contribution in [3.63, 3.8) is 0 Å². The van der Waals surface area contributed by atoms with Crippen molar-refractivity contribution in [2.24, 2.45) is 7.05 Å². The van der Waals surface area contributed by atoms with E-state index in [4.69, 9.17) is 4.74 Å². The first-order valence-corrected chi connectivity index (χ1v) is 11.2. The molecule has 35 heavy (non-hydrogen) atoms. The highest BCUT2D eigenvalue weighted by atomic mass is 19.1. The predicted molar refractivity (Wildman–Crippen MR) is 126 cm³/mol. The van der Waals surface area contributed by atoms with E-state index in [0.29, 0.717) is 24.2 Å². The smallest absolute Gasteiger partial charge is 0.260 e. The molecule has 1 saturated heterocycles. The average Bonchev–Trinajstić information content (AvgIpc) is 3.29. The zero-order chi connectivity index (χ0) is 24.5. The molecule has 0 bridgehead atoms. The summed E-state index contributed by atoms with van der Waals surface area (Å²) in [6.07, 6.45) is 5.97. The van der Waals surface area contributed by atoms with E-state index in [0.717, 1.165) is 5.56 Å². The van der Waals surface area contributed by atoms with Crippen LogP contribution in [0.5, 0.6) is 0 Å². The molecule has 2 atom stereocenters. The summed E-state index contributed by atoms with van der Waals surface area (Å²) < 4.78 is 23.2. The summed E-state index contributed by atoms with van der Waals surface area (Å²) in [4.78, 5) is 30.6. The van der Waals surface area contributed by atoms with Gasteiger partial charge in [0.05, 0.1) is 48.0 Å². The molecule has 9 nitrogen and oxygen atoms in total. The maximum atomic E-state index is 15.0. The molecule has 0 saturated carbocycles. The first-order valence-electron chi connectivity index (χ1n) is 11.2. The number of fused-ring (bicyclic) bond motifs is 1. The van der Waals surface area contributed by atoms with Crippen molar-refractivity contribution in [1.82, 2.24) is 24.6 Å². The lowest BCUT2D eigenvalue weighted by atomic mass is 10.0. The van der Waals surface area contributed by atoms with Crippen LogP contribution in [0.4, 0.5) is 4.39 Å². The van der Waals surface area contributed by atoms with Crippen molar-refractivity contribution in [3.05, 3.63) is 82.4 Å². The van der Waals surface area contributed by atoms with Gasteiger partial charge in [-0.2, -0.15) is 5.10 Å². The molecule has 5 rings (SSSR count). The Morgan fingerprint density at radius 1 is 1.29 bits per heavy atom. The number of halogens is 1. The molecule has 1 fully saturated rings. The van der Waals surface area contributed by atoms with Gasteiger partial charge in [0.25, 0.3) is 11.5 Å². The second kappa shape index (κ2) is 9.40. The Hall–Kier alpha value is -3.89. The Kier molecular flexibility index (Phi) is 6.14. The van der Waals surface area contributed by atoms with Gasteiger partial charge >= 0.3 is 0 Å². The Morgan fingerprint density at radius 3 is 2.89 bits per heavy atom. The molecular formula is C25H24FN5O4. The summed E-state index contributed by atoms with van der Waals surface area (Å²) in [5, 5.41) is 17.3. The number of benzene rings is 1. The van der Waals surface area contributed by atoms with Crippen LogP contribution in [0.3, 0.4) is 0 Å². The van der Waals surface area contributed by atoms with E-state index in [-0.39, 0.29) is 35.2 Å². The van der Waals surface area contributed by atoms with Crippen LogP contribution in [-0.4, -0.2) is 55.7 Å². The fraction of sp³-hybridized carbons (Fsp3) is 0.280. The van der Waals surface area contributed by atoms with E-state index in [2.05, 4.69) is 15.4 Å². The van der Waals surface area contributed by atoms with Gasteiger partial charge in [0.1, 0.15) is 5.82 Å². The number of amides is 1. The zero-order valence-electron chi connectivity index (χ0n) is 19.0. The molecule has 1 aliphatic heterocycles. The van der Waals surface area contributed by atoms with Gasteiger partial charge in [-0.15, -0.1) is 0 Å². The van der Waals surface area contributed by atoms with Crippen LogP contribution in [0.15, 0.2) is 59.9 Å². The van der Waals surface area contributed by atoms with E-state index in [9.17, 15) is 14.7 Å². The van der Waals surface area contributed by atoms with Crippen LogP contribution in [0.1, 0.15) is 22.3 Å². The number of hydrogen-bond acceptors (Lipinski definition) is 6. The summed E-state index contributed by atoms with van der Waals surface area (Å²) in [6, 6.07) is 7.51. The molecule has 0 aliphatic carbocycles. The van der Waals surface area contributed by atoms with Gasteiger partial charge in [-0.25, -0.2) is 4.39 Å². The van der Waals surface area contributed by atoms with E-state index in [1.807, 2.05) is 0 Å². The number of aromatic nitrogens is 4.